The number of aromatic nitrogens is 2. The molecule has 5 rings (SSSR count). The van der Waals surface area contributed by atoms with Crippen LogP contribution < -0.4 is 10.5 Å². The molecule has 1 atom stereocenters. The van der Waals surface area contributed by atoms with Crippen molar-refractivity contribution in [2.45, 2.75) is 37.9 Å². The molecule has 15 heteroatoms. The molecule has 1 spiro atoms. The van der Waals surface area contributed by atoms with Crippen molar-refractivity contribution in [1.82, 2.24) is 18.8 Å². The van der Waals surface area contributed by atoms with Gasteiger partial charge in [-0.15, -0.1) is 0 Å². The summed E-state index contributed by atoms with van der Waals surface area (Å²) in [6.45, 7) is 5.95. The van der Waals surface area contributed by atoms with Crippen LogP contribution in [0.3, 0.4) is 0 Å². The number of alkyl halides is 3. The van der Waals surface area contributed by atoms with E-state index in [1.54, 1.807) is 11.1 Å². The molecule has 1 aromatic heterocycles. The minimum atomic E-state index is -5.08. The molecule has 0 saturated carbocycles. The second-order valence-corrected chi connectivity index (χ2v) is 12.3. The van der Waals surface area contributed by atoms with Gasteiger partial charge in [0, 0.05) is 63.1 Å². The number of hydrogen-bond acceptors (Lipinski definition) is 7. The Kier molecular flexibility index (Phi) is 8.00. The number of benzene rings is 1. The van der Waals surface area contributed by atoms with E-state index in [4.69, 9.17) is 9.90 Å². The number of amides is 1. The molecular formula is C25H30F3N5O6S. The largest absolute Gasteiger partial charge is 0.490 e. The Morgan fingerprint density at radius 1 is 1.00 bits per heavy atom. The number of halogens is 3. The van der Waals surface area contributed by atoms with Gasteiger partial charge in [-0.1, -0.05) is 17.7 Å². The minimum absolute atomic E-state index is 0.0950. The standard InChI is InChI=1S/C23H29N5O4S.C2HF3O2/c1-17-3-5-18(6-4-17)25-11-13-26(14-12-25)21(30)19-15-27-9-7-23(22(27)24-20(19)29)8-10-28(16-23)33(2,31)32;3-2(4,5)1(6)7/h3-6,15H,7-14,16H2,1-2H3;(H,6,7). The van der Waals surface area contributed by atoms with E-state index in [0.717, 1.165) is 12.1 Å². The zero-order valence-corrected chi connectivity index (χ0v) is 22.8. The maximum atomic E-state index is 13.2. The smallest absolute Gasteiger partial charge is 0.475 e. The second-order valence-electron chi connectivity index (χ2n) is 10.3. The van der Waals surface area contributed by atoms with Crippen molar-refractivity contribution in [2.75, 3.05) is 50.4 Å². The van der Waals surface area contributed by atoms with Crippen LogP contribution >= 0.6 is 0 Å². The molecule has 0 bridgehead atoms. The molecule has 0 radical (unpaired) electrons. The number of rotatable bonds is 3. The zero-order valence-electron chi connectivity index (χ0n) is 22.0. The van der Waals surface area contributed by atoms with Gasteiger partial charge < -0.3 is 19.5 Å². The van der Waals surface area contributed by atoms with E-state index in [1.807, 2.05) is 4.57 Å². The van der Waals surface area contributed by atoms with E-state index in [-0.39, 0.29) is 11.5 Å². The van der Waals surface area contributed by atoms with Crippen LogP contribution in [0.1, 0.15) is 34.6 Å². The van der Waals surface area contributed by atoms with E-state index in [9.17, 15) is 31.2 Å². The summed E-state index contributed by atoms with van der Waals surface area (Å²) in [5, 5.41) is 7.12. The SMILES string of the molecule is Cc1ccc(N2CCN(C(=O)c3cn4c(nc3=O)C3(CCN(S(C)(=O)=O)C3)CC4)CC2)cc1.O=C(O)C(F)(F)F. The lowest BCUT2D eigenvalue weighted by molar-refractivity contribution is -0.192. The molecule has 2 aromatic rings. The van der Waals surface area contributed by atoms with Crippen LogP contribution in [0, 0.1) is 6.92 Å². The number of carboxylic acid groups (broad SMARTS) is 1. The number of hydrogen-bond donors (Lipinski definition) is 1. The highest BCUT2D eigenvalue weighted by Crippen LogP contribution is 2.41. The van der Waals surface area contributed by atoms with Crippen molar-refractivity contribution in [2.24, 2.45) is 0 Å². The van der Waals surface area contributed by atoms with Crippen molar-refractivity contribution >= 4 is 27.6 Å². The monoisotopic (exact) mass is 585 g/mol. The first-order chi connectivity index (χ1) is 18.6. The van der Waals surface area contributed by atoms with Gasteiger partial charge in [0.2, 0.25) is 10.0 Å². The summed E-state index contributed by atoms with van der Waals surface area (Å²) in [5.74, 6) is -2.43. The third-order valence-corrected chi connectivity index (χ3v) is 8.78. The zero-order chi connectivity index (χ0) is 29.5. The number of fused-ring (bicyclic) bond motifs is 2. The summed E-state index contributed by atoms with van der Waals surface area (Å²) in [7, 11) is -3.29. The average Bonchev–Trinajstić information content (AvgIpc) is 3.48. The maximum Gasteiger partial charge on any atom is 0.490 e. The van der Waals surface area contributed by atoms with E-state index in [0.29, 0.717) is 58.1 Å². The molecule has 1 unspecified atom stereocenters. The molecule has 1 amide bonds. The lowest BCUT2D eigenvalue weighted by Gasteiger charge is -2.36. The molecule has 11 nitrogen and oxygen atoms in total. The molecule has 3 aliphatic rings. The summed E-state index contributed by atoms with van der Waals surface area (Å²) in [6, 6.07) is 8.34. The molecule has 0 aliphatic carbocycles. The van der Waals surface area contributed by atoms with Gasteiger partial charge in [-0.3, -0.25) is 9.59 Å². The highest BCUT2D eigenvalue weighted by atomic mass is 32.2. The number of carboxylic acids is 1. The predicted octanol–water partition coefficient (Wildman–Crippen LogP) is 1.45. The fraction of sp³-hybridized carbons (Fsp3) is 0.520. The summed E-state index contributed by atoms with van der Waals surface area (Å²) in [4.78, 5) is 43.2. The Morgan fingerprint density at radius 3 is 2.10 bits per heavy atom. The molecule has 2 saturated heterocycles. The van der Waals surface area contributed by atoms with Crippen LogP contribution in [0.15, 0.2) is 35.3 Å². The molecular weight excluding hydrogens is 555 g/mol. The van der Waals surface area contributed by atoms with Crippen LogP contribution in [-0.2, 0) is 26.8 Å². The molecule has 2 fully saturated rings. The number of anilines is 1. The van der Waals surface area contributed by atoms with Crippen molar-refractivity contribution in [3.63, 3.8) is 0 Å². The number of carbonyl (C=O) groups excluding carboxylic acids is 1. The van der Waals surface area contributed by atoms with Crippen molar-refractivity contribution in [3.8, 4) is 0 Å². The first-order valence-electron chi connectivity index (χ1n) is 12.6. The summed E-state index contributed by atoms with van der Waals surface area (Å²) < 4.78 is 59.0. The van der Waals surface area contributed by atoms with Crippen molar-refractivity contribution in [3.05, 3.63) is 57.8 Å². The number of aliphatic carboxylic acids is 1. The van der Waals surface area contributed by atoms with E-state index in [1.165, 1.54) is 16.1 Å². The van der Waals surface area contributed by atoms with Gasteiger partial charge in [0.1, 0.15) is 11.4 Å². The van der Waals surface area contributed by atoms with Gasteiger partial charge in [-0.2, -0.15) is 18.2 Å². The molecule has 1 N–H and O–H groups in total. The van der Waals surface area contributed by atoms with Crippen LogP contribution in [0.4, 0.5) is 18.9 Å². The van der Waals surface area contributed by atoms with Gasteiger partial charge in [-0.25, -0.2) is 17.5 Å². The normalized spacial score (nSPS) is 21.2. The van der Waals surface area contributed by atoms with E-state index >= 15 is 0 Å². The van der Waals surface area contributed by atoms with Crippen LogP contribution in [-0.4, -0.2) is 95.9 Å². The molecule has 3 aliphatic heterocycles. The quantitative estimate of drug-likeness (QED) is 0.573. The molecule has 1 aromatic carbocycles. The number of carbonyl (C=O) groups is 2. The Balaban J connectivity index is 0.000000470. The fourth-order valence-electron chi connectivity index (χ4n) is 5.28. The summed E-state index contributed by atoms with van der Waals surface area (Å²) >= 11 is 0. The topological polar surface area (TPSA) is 133 Å². The van der Waals surface area contributed by atoms with E-state index in [2.05, 4.69) is 41.1 Å². The third kappa shape index (κ3) is 6.14. The van der Waals surface area contributed by atoms with Crippen LogP contribution in [0.25, 0.3) is 0 Å². The Morgan fingerprint density at radius 2 is 1.57 bits per heavy atom. The number of sulfonamides is 1. The number of aryl methyl sites for hydroxylation is 2. The van der Waals surface area contributed by atoms with Gasteiger partial charge in [0.25, 0.3) is 11.5 Å². The Bertz CT molecular complexity index is 1450. The number of piperazine rings is 1. The van der Waals surface area contributed by atoms with Crippen molar-refractivity contribution < 1.29 is 36.3 Å². The molecule has 218 valence electrons. The third-order valence-electron chi connectivity index (χ3n) is 7.53. The average molecular weight is 586 g/mol. The molecule has 4 heterocycles. The summed E-state index contributed by atoms with van der Waals surface area (Å²) in [5.41, 5.74) is 1.48. The number of nitrogens with zero attached hydrogens (tertiary/aromatic N) is 5. The highest BCUT2D eigenvalue weighted by molar-refractivity contribution is 7.88. The van der Waals surface area contributed by atoms with Crippen molar-refractivity contribution in [1.29, 1.82) is 0 Å². The van der Waals surface area contributed by atoms with Crippen LogP contribution in [0.2, 0.25) is 0 Å². The van der Waals surface area contributed by atoms with Gasteiger partial charge in [0.05, 0.1) is 6.26 Å². The Labute approximate surface area is 228 Å². The first kappa shape index (κ1) is 29.5. The van der Waals surface area contributed by atoms with Gasteiger partial charge in [-0.05, 0) is 31.9 Å². The van der Waals surface area contributed by atoms with Gasteiger partial charge in [0.15, 0.2) is 0 Å². The summed E-state index contributed by atoms with van der Waals surface area (Å²) in [6.07, 6.45) is -0.877. The fourth-order valence-corrected chi connectivity index (χ4v) is 6.18. The minimum Gasteiger partial charge on any atom is -0.475 e. The van der Waals surface area contributed by atoms with Crippen LogP contribution in [0.5, 0.6) is 0 Å². The maximum absolute atomic E-state index is 13.2. The first-order valence-corrected chi connectivity index (χ1v) is 14.4. The predicted molar refractivity (Wildman–Crippen MR) is 139 cm³/mol. The lowest BCUT2D eigenvalue weighted by atomic mass is 9.85. The highest BCUT2D eigenvalue weighted by Gasteiger charge is 2.48. The second kappa shape index (κ2) is 10.8. The Hall–Kier alpha value is -3.46. The van der Waals surface area contributed by atoms with Gasteiger partial charge >= 0.3 is 12.1 Å². The lowest BCUT2D eigenvalue weighted by Crippen LogP contribution is -2.50. The molecule has 40 heavy (non-hydrogen) atoms. The van der Waals surface area contributed by atoms with E-state index < -0.39 is 33.1 Å².